The zero-order valence-electron chi connectivity index (χ0n) is 12.0. The van der Waals surface area contributed by atoms with Crippen molar-refractivity contribution in [3.63, 3.8) is 0 Å². The van der Waals surface area contributed by atoms with Crippen molar-refractivity contribution >= 4 is 11.9 Å². The summed E-state index contributed by atoms with van der Waals surface area (Å²) in [6.45, 7) is 0.425. The number of carbonyl (C=O) groups excluding carboxylic acids is 1. The van der Waals surface area contributed by atoms with Gasteiger partial charge in [0, 0.05) is 6.54 Å². The molecule has 0 aliphatic heterocycles. The highest BCUT2D eigenvalue weighted by atomic mass is 19.1. The maximum Gasteiger partial charge on any atom is 0.307 e. The van der Waals surface area contributed by atoms with Gasteiger partial charge in [0.05, 0.1) is 11.8 Å². The van der Waals surface area contributed by atoms with Crippen LogP contribution in [0.5, 0.6) is 0 Å². The lowest BCUT2D eigenvalue weighted by atomic mass is 9.82. The van der Waals surface area contributed by atoms with Gasteiger partial charge in [0.25, 0.3) is 0 Å². The van der Waals surface area contributed by atoms with E-state index in [-0.39, 0.29) is 23.6 Å². The third kappa shape index (κ3) is 2.75. The zero-order valence-corrected chi connectivity index (χ0v) is 12.0. The van der Waals surface area contributed by atoms with Gasteiger partial charge in [0.2, 0.25) is 5.91 Å². The van der Waals surface area contributed by atoms with E-state index in [1.54, 1.807) is 12.1 Å². The van der Waals surface area contributed by atoms with E-state index >= 15 is 0 Å². The van der Waals surface area contributed by atoms with Gasteiger partial charge in [-0.25, -0.2) is 4.39 Å². The van der Waals surface area contributed by atoms with Crippen LogP contribution in [0.4, 0.5) is 4.39 Å². The van der Waals surface area contributed by atoms with E-state index in [1.807, 2.05) is 12.2 Å². The van der Waals surface area contributed by atoms with Crippen LogP contribution in [-0.2, 0) is 16.0 Å². The number of hydrogen-bond acceptors (Lipinski definition) is 2. The number of amides is 1. The fourth-order valence-electron chi connectivity index (χ4n) is 3.62. The number of fused-ring (bicyclic) bond motifs is 2. The summed E-state index contributed by atoms with van der Waals surface area (Å²) in [7, 11) is 0. The van der Waals surface area contributed by atoms with Crippen LogP contribution >= 0.6 is 0 Å². The first-order valence-corrected chi connectivity index (χ1v) is 7.49. The average molecular weight is 303 g/mol. The Morgan fingerprint density at radius 1 is 1.14 bits per heavy atom. The van der Waals surface area contributed by atoms with E-state index in [2.05, 4.69) is 5.32 Å². The lowest BCUT2D eigenvalue weighted by Crippen LogP contribution is -2.40. The molecule has 0 aromatic heterocycles. The third-order valence-corrected chi connectivity index (χ3v) is 4.67. The van der Waals surface area contributed by atoms with Crippen molar-refractivity contribution in [3.8, 4) is 0 Å². The molecule has 3 rings (SSSR count). The summed E-state index contributed by atoms with van der Waals surface area (Å²) in [5.41, 5.74) is 0.935. The topological polar surface area (TPSA) is 66.4 Å². The van der Waals surface area contributed by atoms with Crippen LogP contribution in [0.2, 0.25) is 0 Å². The van der Waals surface area contributed by atoms with Crippen molar-refractivity contribution in [3.05, 3.63) is 47.8 Å². The van der Waals surface area contributed by atoms with E-state index in [1.165, 1.54) is 12.1 Å². The quantitative estimate of drug-likeness (QED) is 0.818. The molecule has 0 radical (unpaired) electrons. The van der Waals surface area contributed by atoms with Gasteiger partial charge in [0.1, 0.15) is 5.82 Å². The monoisotopic (exact) mass is 303 g/mol. The summed E-state index contributed by atoms with van der Waals surface area (Å²) in [4.78, 5) is 23.7. The number of benzene rings is 1. The highest BCUT2D eigenvalue weighted by Crippen LogP contribution is 2.48. The first-order chi connectivity index (χ1) is 10.6. The molecule has 2 bridgehead atoms. The molecule has 1 saturated carbocycles. The SMILES string of the molecule is O=C(O)[C@@H]1[C@@H](C(=O)NCCc2ccc(F)cc2)[C@H]2C=C[C@H]1C2. The van der Waals surface area contributed by atoms with Gasteiger partial charge in [-0.1, -0.05) is 24.3 Å². The summed E-state index contributed by atoms with van der Waals surface area (Å²) >= 11 is 0. The summed E-state index contributed by atoms with van der Waals surface area (Å²) in [6, 6.07) is 6.14. The molecule has 4 nitrogen and oxygen atoms in total. The molecule has 4 atom stereocenters. The van der Waals surface area contributed by atoms with Gasteiger partial charge in [-0.05, 0) is 42.4 Å². The van der Waals surface area contributed by atoms with Gasteiger partial charge in [-0.3, -0.25) is 9.59 Å². The highest BCUT2D eigenvalue weighted by Gasteiger charge is 2.51. The number of carboxylic acid groups (broad SMARTS) is 1. The van der Waals surface area contributed by atoms with Crippen molar-refractivity contribution in [2.24, 2.45) is 23.7 Å². The van der Waals surface area contributed by atoms with Crippen LogP contribution in [-0.4, -0.2) is 23.5 Å². The van der Waals surface area contributed by atoms with Crippen LogP contribution in [0, 0.1) is 29.5 Å². The summed E-state index contributed by atoms with van der Waals surface area (Å²) in [5.74, 6) is -2.43. The Labute approximate surface area is 128 Å². The smallest absolute Gasteiger partial charge is 0.307 e. The lowest BCUT2D eigenvalue weighted by Gasteiger charge is -2.23. The molecule has 0 heterocycles. The molecule has 2 aliphatic carbocycles. The number of halogens is 1. The molecular weight excluding hydrogens is 285 g/mol. The number of aliphatic carboxylic acids is 1. The summed E-state index contributed by atoms with van der Waals surface area (Å²) in [6.07, 6.45) is 5.24. The maximum atomic E-state index is 12.8. The molecular formula is C17H18FNO3. The Bertz CT molecular complexity index is 611. The molecule has 2 N–H and O–H groups in total. The maximum absolute atomic E-state index is 12.8. The largest absolute Gasteiger partial charge is 0.481 e. The van der Waals surface area contributed by atoms with Gasteiger partial charge in [-0.15, -0.1) is 0 Å². The van der Waals surface area contributed by atoms with Crippen LogP contribution < -0.4 is 5.32 Å². The molecule has 2 aliphatic rings. The Balaban J connectivity index is 1.56. The van der Waals surface area contributed by atoms with Gasteiger partial charge < -0.3 is 10.4 Å². The van der Waals surface area contributed by atoms with Crippen LogP contribution in [0.25, 0.3) is 0 Å². The number of carbonyl (C=O) groups is 2. The average Bonchev–Trinajstić information content (AvgIpc) is 3.09. The van der Waals surface area contributed by atoms with E-state index in [0.29, 0.717) is 13.0 Å². The van der Waals surface area contributed by atoms with Gasteiger partial charge in [-0.2, -0.15) is 0 Å². The van der Waals surface area contributed by atoms with E-state index < -0.39 is 17.8 Å². The normalized spacial score (nSPS) is 28.8. The number of carboxylic acids is 1. The molecule has 0 unspecified atom stereocenters. The first kappa shape index (κ1) is 14.8. The molecule has 1 amide bonds. The Hall–Kier alpha value is -2.17. The zero-order chi connectivity index (χ0) is 15.7. The number of rotatable bonds is 5. The third-order valence-electron chi connectivity index (χ3n) is 4.67. The van der Waals surface area contributed by atoms with Crippen LogP contribution in [0.1, 0.15) is 12.0 Å². The van der Waals surface area contributed by atoms with Crippen molar-refractivity contribution in [1.29, 1.82) is 0 Å². The predicted octanol–water partition coefficient (Wildman–Crippen LogP) is 2.01. The van der Waals surface area contributed by atoms with E-state index in [9.17, 15) is 19.1 Å². The van der Waals surface area contributed by atoms with E-state index in [4.69, 9.17) is 0 Å². The predicted molar refractivity (Wildman–Crippen MR) is 78.5 cm³/mol. The van der Waals surface area contributed by atoms with Crippen molar-refractivity contribution in [2.75, 3.05) is 6.54 Å². The first-order valence-electron chi connectivity index (χ1n) is 7.49. The molecule has 0 spiro atoms. The Kier molecular flexibility index (Phi) is 3.96. The molecule has 116 valence electrons. The van der Waals surface area contributed by atoms with Crippen LogP contribution in [0.3, 0.4) is 0 Å². The standard InChI is InChI=1S/C17H18FNO3/c18-13-5-1-10(2-6-13)7-8-19-16(20)14-11-3-4-12(9-11)15(14)17(21)22/h1-6,11-12,14-15H,7-9H2,(H,19,20)(H,21,22)/t11-,12-,14-,15-/m0/s1. The van der Waals surface area contributed by atoms with E-state index in [0.717, 1.165) is 12.0 Å². The molecule has 5 heteroatoms. The lowest BCUT2D eigenvalue weighted by molar-refractivity contribution is -0.147. The second-order valence-electron chi connectivity index (χ2n) is 6.01. The Morgan fingerprint density at radius 2 is 1.77 bits per heavy atom. The molecule has 22 heavy (non-hydrogen) atoms. The fourth-order valence-corrected chi connectivity index (χ4v) is 3.62. The molecule has 1 fully saturated rings. The number of allylic oxidation sites excluding steroid dienone is 2. The highest BCUT2D eigenvalue weighted by molar-refractivity contribution is 5.86. The fraction of sp³-hybridized carbons (Fsp3) is 0.412. The minimum absolute atomic E-state index is 0.0182. The minimum atomic E-state index is -0.893. The van der Waals surface area contributed by atoms with Crippen molar-refractivity contribution < 1.29 is 19.1 Å². The second-order valence-corrected chi connectivity index (χ2v) is 6.01. The molecule has 1 aromatic carbocycles. The molecule has 1 aromatic rings. The van der Waals surface area contributed by atoms with Crippen molar-refractivity contribution in [2.45, 2.75) is 12.8 Å². The van der Waals surface area contributed by atoms with Gasteiger partial charge >= 0.3 is 5.97 Å². The Morgan fingerprint density at radius 3 is 2.41 bits per heavy atom. The molecule has 0 saturated heterocycles. The number of hydrogen-bond donors (Lipinski definition) is 2. The second kappa shape index (κ2) is 5.91. The minimum Gasteiger partial charge on any atom is -0.481 e. The van der Waals surface area contributed by atoms with Gasteiger partial charge in [0.15, 0.2) is 0 Å². The summed E-state index contributed by atoms with van der Waals surface area (Å²) < 4.78 is 12.8. The summed E-state index contributed by atoms with van der Waals surface area (Å²) in [5, 5.41) is 12.2. The van der Waals surface area contributed by atoms with Crippen molar-refractivity contribution in [1.82, 2.24) is 5.32 Å². The van der Waals surface area contributed by atoms with Crippen LogP contribution in [0.15, 0.2) is 36.4 Å². The number of nitrogens with one attached hydrogen (secondary N) is 1.